The molecule has 0 fully saturated rings. The van der Waals surface area contributed by atoms with Crippen molar-refractivity contribution < 1.29 is 0 Å². The van der Waals surface area contributed by atoms with Gasteiger partial charge in [-0.3, -0.25) is 0 Å². The van der Waals surface area contributed by atoms with Gasteiger partial charge in [0.25, 0.3) is 0 Å². The maximum absolute atomic E-state index is 6.38. The minimum Gasteiger partial charge on any atom is -0.344 e. The number of nitrogens with zero attached hydrogens (tertiary/aromatic N) is 1. The molecule has 106 valence electrons. The number of hydrogen-bond acceptors (Lipinski definition) is 2. The Bertz CT molecular complexity index is 554. The van der Waals surface area contributed by atoms with Crippen LogP contribution in [0.5, 0.6) is 0 Å². The van der Waals surface area contributed by atoms with Crippen LogP contribution in [-0.4, -0.2) is 13.1 Å². The summed E-state index contributed by atoms with van der Waals surface area (Å²) < 4.78 is 0. The highest BCUT2D eigenvalue weighted by Crippen LogP contribution is 2.32. The zero-order valence-corrected chi connectivity index (χ0v) is 12.8. The van der Waals surface area contributed by atoms with Crippen molar-refractivity contribution in [2.75, 3.05) is 11.9 Å². The lowest BCUT2D eigenvalue weighted by Crippen LogP contribution is -2.23. The van der Waals surface area contributed by atoms with Crippen molar-refractivity contribution in [2.24, 2.45) is 5.73 Å². The van der Waals surface area contributed by atoms with E-state index in [1.807, 2.05) is 30.3 Å². The average molecular weight is 289 g/mol. The summed E-state index contributed by atoms with van der Waals surface area (Å²) in [5.41, 5.74) is 9.48. The van der Waals surface area contributed by atoms with Crippen molar-refractivity contribution in [3.05, 3.63) is 59.1 Å². The minimum atomic E-state index is 0.137. The summed E-state index contributed by atoms with van der Waals surface area (Å²) in [6, 6.07) is 16.4. The van der Waals surface area contributed by atoms with Crippen LogP contribution in [0, 0.1) is 0 Å². The SMILES string of the molecule is CCC(N)Cc1c(Cl)cccc1N(C)c1ccccc1. The fourth-order valence-electron chi connectivity index (χ4n) is 2.26. The second-order valence-corrected chi connectivity index (χ2v) is 5.41. The van der Waals surface area contributed by atoms with E-state index in [9.17, 15) is 0 Å². The Morgan fingerprint density at radius 2 is 1.80 bits per heavy atom. The van der Waals surface area contributed by atoms with E-state index in [-0.39, 0.29) is 6.04 Å². The van der Waals surface area contributed by atoms with Gasteiger partial charge in [0.2, 0.25) is 0 Å². The summed E-state index contributed by atoms with van der Waals surface area (Å²) >= 11 is 6.38. The van der Waals surface area contributed by atoms with E-state index in [1.165, 1.54) is 0 Å². The van der Waals surface area contributed by atoms with Crippen molar-refractivity contribution in [1.82, 2.24) is 0 Å². The van der Waals surface area contributed by atoms with Crippen molar-refractivity contribution in [3.8, 4) is 0 Å². The maximum atomic E-state index is 6.38. The quantitative estimate of drug-likeness (QED) is 0.884. The molecule has 1 atom stereocenters. The zero-order chi connectivity index (χ0) is 14.5. The van der Waals surface area contributed by atoms with Crippen LogP contribution in [0.25, 0.3) is 0 Å². The highest BCUT2D eigenvalue weighted by Gasteiger charge is 2.14. The Labute approximate surface area is 126 Å². The highest BCUT2D eigenvalue weighted by atomic mass is 35.5. The molecule has 2 nitrogen and oxygen atoms in total. The Kier molecular flexibility index (Phi) is 5.05. The number of para-hydroxylation sites is 1. The molecule has 1 unspecified atom stereocenters. The van der Waals surface area contributed by atoms with Crippen LogP contribution < -0.4 is 10.6 Å². The van der Waals surface area contributed by atoms with Crippen LogP contribution in [0.2, 0.25) is 5.02 Å². The largest absolute Gasteiger partial charge is 0.344 e. The molecule has 20 heavy (non-hydrogen) atoms. The second kappa shape index (κ2) is 6.78. The van der Waals surface area contributed by atoms with Crippen molar-refractivity contribution in [3.63, 3.8) is 0 Å². The molecular formula is C17H21ClN2. The number of anilines is 2. The molecule has 0 aliphatic rings. The van der Waals surface area contributed by atoms with Crippen molar-refractivity contribution >= 4 is 23.0 Å². The Morgan fingerprint density at radius 3 is 2.45 bits per heavy atom. The summed E-state index contributed by atoms with van der Waals surface area (Å²) in [5, 5.41) is 0.786. The van der Waals surface area contributed by atoms with Crippen LogP contribution >= 0.6 is 11.6 Å². The lowest BCUT2D eigenvalue weighted by molar-refractivity contribution is 0.646. The van der Waals surface area contributed by atoms with E-state index in [0.717, 1.165) is 34.8 Å². The number of benzene rings is 2. The smallest absolute Gasteiger partial charge is 0.0459 e. The fraction of sp³-hybridized carbons (Fsp3) is 0.294. The average Bonchev–Trinajstić information content (AvgIpc) is 2.49. The van der Waals surface area contributed by atoms with Gasteiger partial charge < -0.3 is 10.6 Å². The summed E-state index contributed by atoms with van der Waals surface area (Å²) in [6.07, 6.45) is 1.74. The summed E-state index contributed by atoms with van der Waals surface area (Å²) in [7, 11) is 2.06. The Morgan fingerprint density at radius 1 is 1.10 bits per heavy atom. The van der Waals surface area contributed by atoms with Gasteiger partial charge in [-0.25, -0.2) is 0 Å². The van der Waals surface area contributed by atoms with Crippen molar-refractivity contribution in [2.45, 2.75) is 25.8 Å². The van der Waals surface area contributed by atoms with Gasteiger partial charge in [0.05, 0.1) is 0 Å². The topological polar surface area (TPSA) is 29.3 Å². The van der Waals surface area contributed by atoms with Gasteiger partial charge in [0.15, 0.2) is 0 Å². The third kappa shape index (κ3) is 3.33. The standard InChI is InChI=1S/C17H21ClN2/c1-3-13(19)12-15-16(18)10-7-11-17(15)20(2)14-8-5-4-6-9-14/h4-11,13H,3,12,19H2,1-2H3. The molecule has 0 bridgehead atoms. The zero-order valence-electron chi connectivity index (χ0n) is 12.0. The molecule has 3 heteroatoms. The molecule has 0 heterocycles. The van der Waals surface area contributed by atoms with Crippen LogP contribution in [0.15, 0.2) is 48.5 Å². The van der Waals surface area contributed by atoms with E-state index in [0.29, 0.717) is 0 Å². The van der Waals surface area contributed by atoms with Gasteiger partial charge in [-0.15, -0.1) is 0 Å². The van der Waals surface area contributed by atoms with Gasteiger partial charge in [0, 0.05) is 29.5 Å². The van der Waals surface area contributed by atoms with Crippen LogP contribution in [0.3, 0.4) is 0 Å². The molecule has 2 rings (SSSR count). The first-order valence-electron chi connectivity index (χ1n) is 6.95. The molecule has 2 aromatic carbocycles. The first-order chi connectivity index (χ1) is 9.63. The number of hydrogen-bond donors (Lipinski definition) is 1. The van der Waals surface area contributed by atoms with Gasteiger partial charge in [-0.1, -0.05) is 42.8 Å². The normalized spacial score (nSPS) is 12.2. The molecule has 0 spiro atoms. The summed E-state index contributed by atoms with van der Waals surface area (Å²) in [4.78, 5) is 2.16. The monoisotopic (exact) mass is 288 g/mol. The molecule has 0 saturated carbocycles. The number of rotatable bonds is 5. The van der Waals surface area contributed by atoms with E-state index < -0.39 is 0 Å². The first-order valence-corrected chi connectivity index (χ1v) is 7.33. The molecule has 0 aromatic heterocycles. The third-order valence-electron chi connectivity index (χ3n) is 3.59. The molecule has 2 aromatic rings. The predicted molar refractivity (Wildman–Crippen MR) is 87.9 cm³/mol. The van der Waals surface area contributed by atoms with Crippen molar-refractivity contribution in [1.29, 1.82) is 0 Å². The first kappa shape index (κ1) is 14.9. The summed E-state index contributed by atoms with van der Waals surface area (Å²) in [5.74, 6) is 0. The predicted octanol–water partition coefficient (Wildman–Crippen LogP) is 4.39. The third-order valence-corrected chi connectivity index (χ3v) is 3.94. The molecule has 0 amide bonds. The summed E-state index contributed by atoms with van der Waals surface area (Å²) in [6.45, 7) is 2.10. The van der Waals surface area contributed by atoms with Gasteiger partial charge >= 0.3 is 0 Å². The highest BCUT2D eigenvalue weighted by molar-refractivity contribution is 6.31. The van der Waals surface area contributed by atoms with E-state index in [1.54, 1.807) is 0 Å². The van der Waals surface area contributed by atoms with Crippen LogP contribution in [0.4, 0.5) is 11.4 Å². The van der Waals surface area contributed by atoms with E-state index in [2.05, 4.69) is 37.1 Å². The van der Waals surface area contributed by atoms with E-state index in [4.69, 9.17) is 17.3 Å². The van der Waals surface area contributed by atoms with Crippen LogP contribution in [-0.2, 0) is 6.42 Å². The van der Waals surface area contributed by atoms with E-state index >= 15 is 0 Å². The lowest BCUT2D eigenvalue weighted by atomic mass is 10.0. The second-order valence-electron chi connectivity index (χ2n) is 5.00. The fourth-order valence-corrected chi connectivity index (χ4v) is 2.51. The maximum Gasteiger partial charge on any atom is 0.0459 e. The number of nitrogens with two attached hydrogens (primary N) is 1. The molecular weight excluding hydrogens is 268 g/mol. The molecule has 0 radical (unpaired) electrons. The molecule has 0 aliphatic carbocycles. The van der Waals surface area contributed by atoms with Gasteiger partial charge in [-0.05, 0) is 42.7 Å². The van der Waals surface area contributed by atoms with Gasteiger partial charge in [0.1, 0.15) is 0 Å². The minimum absolute atomic E-state index is 0.137. The molecule has 2 N–H and O–H groups in total. The Hall–Kier alpha value is -1.51. The van der Waals surface area contributed by atoms with Crippen LogP contribution in [0.1, 0.15) is 18.9 Å². The number of halogens is 1. The Balaban J connectivity index is 2.38. The lowest BCUT2D eigenvalue weighted by Gasteiger charge is -2.24. The van der Waals surface area contributed by atoms with Gasteiger partial charge in [-0.2, -0.15) is 0 Å². The molecule has 0 saturated heterocycles. The molecule has 0 aliphatic heterocycles.